The third-order valence-electron chi connectivity index (χ3n) is 3.94. The van der Waals surface area contributed by atoms with Crippen LogP contribution >= 0.6 is 11.8 Å². The summed E-state index contributed by atoms with van der Waals surface area (Å²) in [7, 11) is 0.196. The number of phenols is 1. The predicted molar refractivity (Wildman–Crippen MR) is 98.4 cm³/mol. The molecular formula is C18H24O2SSi. The van der Waals surface area contributed by atoms with E-state index in [0.717, 1.165) is 22.3 Å². The first kappa shape index (κ1) is 17.0. The van der Waals surface area contributed by atoms with E-state index in [4.69, 9.17) is 4.74 Å². The zero-order chi connectivity index (χ0) is 16.3. The first-order chi connectivity index (χ1) is 10.3. The van der Waals surface area contributed by atoms with Gasteiger partial charge in [-0.2, -0.15) is 0 Å². The van der Waals surface area contributed by atoms with Gasteiger partial charge in [0.1, 0.15) is 11.5 Å². The number of ether oxygens (including phenoxy) is 1. The topological polar surface area (TPSA) is 29.5 Å². The third-order valence-corrected chi connectivity index (χ3v) is 9.87. The van der Waals surface area contributed by atoms with Crippen LogP contribution in [0.15, 0.2) is 41.3 Å². The Balaban J connectivity index is 2.11. The van der Waals surface area contributed by atoms with Crippen molar-refractivity contribution in [3.63, 3.8) is 0 Å². The average Bonchev–Trinajstić information content (AvgIpc) is 2.50. The second-order valence-electron chi connectivity index (χ2n) is 6.31. The number of aryl methyl sites for hydroxylation is 2. The first-order valence-corrected chi connectivity index (χ1v) is 11.6. The molecule has 4 heteroatoms. The van der Waals surface area contributed by atoms with Crippen LogP contribution in [0.4, 0.5) is 0 Å². The first-order valence-electron chi connectivity index (χ1n) is 7.41. The lowest BCUT2D eigenvalue weighted by molar-refractivity contribution is 0.415. The molecule has 0 unspecified atom stereocenters. The van der Waals surface area contributed by atoms with Crippen LogP contribution in [0.2, 0.25) is 13.1 Å². The number of hydrogen-bond acceptors (Lipinski definition) is 3. The fraction of sp³-hybridized carbons (Fsp3) is 0.333. The van der Waals surface area contributed by atoms with Gasteiger partial charge in [-0.15, -0.1) is 11.8 Å². The SMILES string of the molecule is COc1ccc([Si](C)(C)CSc2cc(C)c(O)c(C)c2)cc1. The smallest absolute Gasteiger partial charge is 0.121 e. The second-order valence-corrected chi connectivity index (χ2v) is 12.6. The molecule has 0 aliphatic heterocycles. The molecule has 0 spiro atoms. The van der Waals surface area contributed by atoms with Crippen molar-refractivity contribution in [2.45, 2.75) is 31.8 Å². The summed E-state index contributed by atoms with van der Waals surface area (Å²) in [5.41, 5.74) is 1.90. The van der Waals surface area contributed by atoms with Gasteiger partial charge in [0.25, 0.3) is 0 Å². The third kappa shape index (κ3) is 3.87. The Bertz CT molecular complexity index is 628. The number of thioether (sulfide) groups is 1. The van der Waals surface area contributed by atoms with Gasteiger partial charge in [-0.3, -0.25) is 0 Å². The summed E-state index contributed by atoms with van der Waals surface area (Å²) in [5, 5.41) is 12.4. The highest BCUT2D eigenvalue weighted by Gasteiger charge is 2.23. The summed E-state index contributed by atoms with van der Waals surface area (Å²) in [5.74, 6) is 1.32. The molecule has 0 heterocycles. The molecule has 0 amide bonds. The van der Waals surface area contributed by atoms with Gasteiger partial charge in [0.05, 0.1) is 15.2 Å². The van der Waals surface area contributed by atoms with E-state index in [1.165, 1.54) is 10.1 Å². The van der Waals surface area contributed by atoms with Crippen LogP contribution in [-0.2, 0) is 0 Å². The summed E-state index contributed by atoms with van der Waals surface area (Å²) in [4.78, 5) is 1.24. The standard InChI is InChI=1S/C18H24O2SSi/c1-13-10-16(11-14(2)18(13)19)21-12-22(4,5)17-8-6-15(20-3)7-9-17/h6-11,19H,12H2,1-5H3. The van der Waals surface area contributed by atoms with E-state index >= 15 is 0 Å². The van der Waals surface area contributed by atoms with Crippen molar-refractivity contribution in [2.24, 2.45) is 0 Å². The minimum Gasteiger partial charge on any atom is -0.507 e. The molecule has 0 saturated heterocycles. The lowest BCUT2D eigenvalue weighted by Gasteiger charge is -2.23. The van der Waals surface area contributed by atoms with Crippen LogP contribution in [0, 0.1) is 13.8 Å². The molecule has 0 saturated carbocycles. The Labute approximate surface area is 138 Å². The largest absolute Gasteiger partial charge is 0.507 e. The van der Waals surface area contributed by atoms with E-state index in [1.807, 2.05) is 37.7 Å². The van der Waals surface area contributed by atoms with Crippen LogP contribution in [0.1, 0.15) is 11.1 Å². The zero-order valence-electron chi connectivity index (χ0n) is 13.9. The minimum absolute atomic E-state index is 0.413. The maximum Gasteiger partial charge on any atom is 0.121 e. The fourth-order valence-corrected chi connectivity index (χ4v) is 6.75. The van der Waals surface area contributed by atoms with Crippen molar-refractivity contribution in [2.75, 3.05) is 12.5 Å². The number of methoxy groups -OCH3 is 1. The number of rotatable bonds is 5. The van der Waals surface area contributed by atoms with E-state index in [2.05, 4.69) is 37.4 Å². The van der Waals surface area contributed by atoms with Crippen molar-refractivity contribution >= 4 is 25.0 Å². The van der Waals surface area contributed by atoms with Crippen molar-refractivity contribution in [1.29, 1.82) is 0 Å². The molecule has 0 atom stereocenters. The van der Waals surface area contributed by atoms with Crippen molar-refractivity contribution < 1.29 is 9.84 Å². The Morgan fingerprint density at radius 2 is 1.59 bits per heavy atom. The van der Waals surface area contributed by atoms with Crippen LogP contribution in [0.3, 0.4) is 0 Å². The molecule has 0 aromatic heterocycles. The molecule has 118 valence electrons. The van der Waals surface area contributed by atoms with Crippen LogP contribution in [0.25, 0.3) is 0 Å². The quantitative estimate of drug-likeness (QED) is 0.655. The fourth-order valence-electron chi connectivity index (χ4n) is 2.39. The molecule has 0 aliphatic carbocycles. The molecular weight excluding hydrogens is 308 g/mol. The van der Waals surface area contributed by atoms with E-state index in [9.17, 15) is 5.11 Å². The molecule has 2 nitrogen and oxygen atoms in total. The van der Waals surface area contributed by atoms with Gasteiger partial charge in [0.15, 0.2) is 0 Å². The maximum atomic E-state index is 9.87. The van der Waals surface area contributed by atoms with E-state index in [-0.39, 0.29) is 0 Å². The number of hydrogen-bond donors (Lipinski definition) is 1. The lowest BCUT2D eigenvalue weighted by atomic mass is 10.1. The lowest BCUT2D eigenvalue weighted by Crippen LogP contribution is -2.44. The molecule has 0 fully saturated rings. The highest BCUT2D eigenvalue weighted by atomic mass is 32.2. The molecule has 2 rings (SSSR count). The van der Waals surface area contributed by atoms with E-state index < -0.39 is 8.07 Å². The summed E-state index contributed by atoms with van der Waals surface area (Å²) < 4.78 is 5.24. The Kier molecular flexibility index (Phi) is 5.24. The summed E-state index contributed by atoms with van der Waals surface area (Å²) in [6, 6.07) is 12.6. The normalized spacial score (nSPS) is 11.5. The van der Waals surface area contributed by atoms with Crippen molar-refractivity contribution in [3.8, 4) is 11.5 Å². The monoisotopic (exact) mass is 332 g/mol. The summed E-state index contributed by atoms with van der Waals surface area (Å²) >= 11 is 1.89. The minimum atomic E-state index is -1.50. The molecule has 1 N–H and O–H groups in total. The predicted octanol–water partition coefficient (Wildman–Crippen LogP) is 4.26. The van der Waals surface area contributed by atoms with Gasteiger partial charge in [-0.25, -0.2) is 0 Å². The Morgan fingerprint density at radius 3 is 2.09 bits per heavy atom. The average molecular weight is 333 g/mol. The summed E-state index contributed by atoms with van der Waals surface area (Å²) in [6.07, 6.45) is 0. The Hall–Kier alpha value is -1.39. The highest BCUT2D eigenvalue weighted by molar-refractivity contribution is 8.01. The van der Waals surface area contributed by atoms with Crippen molar-refractivity contribution in [3.05, 3.63) is 47.5 Å². The van der Waals surface area contributed by atoms with Gasteiger partial charge in [-0.1, -0.05) is 30.4 Å². The van der Waals surface area contributed by atoms with Gasteiger partial charge in [0.2, 0.25) is 0 Å². The van der Waals surface area contributed by atoms with Gasteiger partial charge in [-0.05, 0) is 54.6 Å². The molecule has 2 aromatic carbocycles. The van der Waals surface area contributed by atoms with E-state index in [1.54, 1.807) is 7.11 Å². The molecule has 0 radical (unpaired) electrons. The van der Waals surface area contributed by atoms with Crippen LogP contribution < -0.4 is 9.92 Å². The Morgan fingerprint density at radius 1 is 1.05 bits per heavy atom. The maximum absolute atomic E-state index is 9.87. The number of benzene rings is 2. The van der Waals surface area contributed by atoms with Crippen LogP contribution in [-0.4, -0.2) is 25.7 Å². The molecule has 0 aliphatic rings. The van der Waals surface area contributed by atoms with Crippen molar-refractivity contribution in [1.82, 2.24) is 0 Å². The number of aromatic hydroxyl groups is 1. The second kappa shape index (κ2) is 6.80. The zero-order valence-corrected chi connectivity index (χ0v) is 15.8. The van der Waals surface area contributed by atoms with E-state index in [0.29, 0.717) is 5.75 Å². The van der Waals surface area contributed by atoms with Crippen LogP contribution in [0.5, 0.6) is 11.5 Å². The van der Waals surface area contributed by atoms with Gasteiger partial charge >= 0.3 is 0 Å². The molecule has 2 aromatic rings. The van der Waals surface area contributed by atoms with Gasteiger partial charge < -0.3 is 9.84 Å². The molecule has 22 heavy (non-hydrogen) atoms. The summed E-state index contributed by atoms with van der Waals surface area (Å²) in [6.45, 7) is 8.70. The number of phenolic OH excluding ortho intramolecular Hbond substituents is 1. The molecule has 0 bridgehead atoms. The van der Waals surface area contributed by atoms with Gasteiger partial charge in [0, 0.05) is 4.90 Å². The highest BCUT2D eigenvalue weighted by Crippen LogP contribution is 2.30.